The van der Waals surface area contributed by atoms with Crippen molar-refractivity contribution in [3.63, 3.8) is 0 Å². The molecule has 140 valence electrons. The Hall–Kier alpha value is -1.87. The lowest BCUT2D eigenvalue weighted by atomic mass is 10.2. The van der Waals surface area contributed by atoms with Gasteiger partial charge in [0.1, 0.15) is 25.8 Å². The van der Waals surface area contributed by atoms with Crippen molar-refractivity contribution in [2.75, 3.05) is 0 Å². The third kappa shape index (κ3) is 3.93. The van der Waals surface area contributed by atoms with Gasteiger partial charge in [0.05, 0.1) is 5.56 Å². The fourth-order valence-electron chi connectivity index (χ4n) is 4.54. The van der Waals surface area contributed by atoms with E-state index in [-0.39, 0.29) is 0 Å². The smallest absolute Gasteiger partial charge is 0.147 e. The summed E-state index contributed by atoms with van der Waals surface area (Å²) in [6.07, 6.45) is 0. The molecule has 0 fully saturated rings. The summed E-state index contributed by atoms with van der Waals surface area (Å²) in [4.78, 5) is 13.8. The third-order valence-electron chi connectivity index (χ3n) is 5.63. The van der Waals surface area contributed by atoms with E-state index in [4.69, 9.17) is 4.74 Å². The summed E-state index contributed by atoms with van der Waals surface area (Å²) < 4.78 is 6.08. The predicted molar refractivity (Wildman–Crippen MR) is 113 cm³/mol. The Labute approximate surface area is 159 Å². The molecule has 0 N–H and O–H groups in total. The van der Waals surface area contributed by atoms with Gasteiger partial charge in [0.25, 0.3) is 0 Å². The number of carbonyl (C=O) groups is 1. The molecule has 2 nitrogen and oxygen atoms in total. The fourth-order valence-corrected chi connectivity index (χ4v) is 10.8. The van der Waals surface area contributed by atoms with E-state index in [9.17, 15) is 4.79 Å². The van der Waals surface area contributed by atoms with Crippen LogP contribution in [-0.4, -0.2) is 13.5 Å². The topological polar surface area (TPSA) is 26.3 Å². The van der Waals surface area contributed by atoms with Crippen molar-refractivity contribution in [2.45, 2.75) is 64.8 Å². The van der Waals surface area contributed by atoms with Crippen molar-refractivity contribution < 1.29 is 9.53 Å². The van der Waals surface area contributed by atoms with Crippen LogP contribution in [0, 0.1) is 0 Å². The van der Waals surface area contributed by atoms with E-state index in [0.29, 0.717) is 34.4 Å². The summed E-state index contributed by atoms with van der Waals surface area (Å²) in [7, 11) is -2.23. The quantitative estimate of drug-likeness (QED) is 0.487. The van der Waals surface area contributed by atoms with Gasteiger partial charge in [0.15, 0.2) is 0 Å². The minimum absolute atomic E-state index is 0.334. The summed E-state index contributed by atoms with van der Waals surface area (Å²) in [5, 5.41) is 0.334. The van der Waals surface area contributed by atoms with Crippen LogP contribution in [0.4, 0.5) is 0 Å². The van der Waals surface area contributed by atoms with Gasteiger partial charge in [-0.05, 0) is 34.3 Å². The average Bonchev–Trinajstić information content (AvgIpc) is 2.60. The average molecular weight is 369 g/mol. The van der Waals surface area contributed by atoms with Crippen LogP contribution in [0.25, 0.3) is 0 Å². The Morgan fingerprint density at radius 2 is 1.31 bits per heavy atom. The largest absolute Gasteiger partial charge is 0.488 e. The normalized spacial score (nSPS) is 12.0. The standard InChI is InChI=1S/C23H32O2Si/c1-17(2)26(18(3)4,19(5)6)23(24)21-14-10-11-15-22(21)25-16-20-12-8-7-9-13-20/h7-15,17-19H,16H2,1-6H3. The van der Waals surface area contributed by atoms with Gasteiger partial charge in [-0.25, -0.2) is 0 Å². The number of benzene rings is 2. The van der Waals surface area contributed by atoms with Crippen molar-refractivity contribution in [3.8, 4) is 5.75 Å². The number of rotatable bonds is 8. The molecule has 0 spiro atoms. The minimum atomic E-state index is -2.23. The summed E-state index contributed by atoms with van der Waals surface area (Å²) >= 11 is 0. The van der Waals surface area contributed by atoms with Gasteiger partial charge in [-0.1, -0.05) is 84.0 Å². The second-order valence-corrected chi connectivity index (χ2v) is 13.8. The maximum atomic E-state index is 13.8. The minimum Gasteiger partial charge on any atom is -0.488 e. The molecule has 0 aromatic heterocycles. The first-order valence-electron chi connectivity index (χ1n) is 9.62. The van der Waals surface area contributed by atoms with Gasteiger partial charge in [0.2, 0.25) is 0 Å². The number of ether oxygens (including phenoxy) is 1. The Morgan fingerprint density at radius 3 is 1.85 bits per heavy atom. The molecular formula is C23H32O2Si. The van der Waals surface area contributed by atoms with Crippen molar-refractivity contribution in [1.82, 2.24) is 0 Å². The van der Waals surface area contributed by atoms with Gasteiger partial charge in [-0.2, -0.15) is 0 Å². The van der Waals surface area contributed by atoms with Crippen molar-refractivity contribution in [3.05, 3.63) is 65.7 Å². The molecule has 2 rings (SSSR count). The highest BCUT2D eigenvalue weighted by Crippen LogP contribution is 2.44. The molecule has 0 aliphatic heterocycles. The Kier molecular flexibility index (Phi) is 6.82. The Balaban J connectivity index is 2.39. The van der Waals surface area contributed by atoms with E-state index in [1.54, 1.807) is 0 Å². The summed E-state index contributed by atoms with van der Waals surface area (Å²) in [5.41, 5.74) is 3.02. The van der Waals surface area contributed by atoms with Crippen LogP contribution in [-0.2, 0) is 6.61 Å². The van der Waals surface area contributed by atoms with Crippen molar-refractivity contribution in [2.24, 2.45) is 0 Å². The Morgan fingerprint density at radius 1 is 0.808 bits per heavy atom. The number of hydrogen-bond donors (Lipinski definition) is 0. The first-order chi connectivity index (χ1) is 12.3. The van der Waals surface area contributed by atoms with Crippen molar-refractivity contribution in [1.29, 1.82) is 0 Å². The van der Waals surface area contributed by atoms with Gasteiger partial charge in [-0.15, -0.1) is 0 Å². The molecule has 0 heterocycles. The summed E-state index contributed by atoms with van der Waals surface area (Å²) in [6, 6.07) is 17.8. The third-order valence-corrected chi connectivity index (χ3v) is 12.4. The van der Waals surface area contributed by atoms with Crippen LogP contribution >= 0.6 is 0 Å². The zero-order valence-electron chi connectivity index (χ0n) is 17.0. The van der Waals surface area contributed by atoms with E-state index >= 15 is 0 Å². The van der Waals surface area contributed by atoms with Crippen LogP contribution < -0.4 is 4.74 Å². The van der Waals surface area contributed by atoms with Crippen LogP contribution in [0.15, 0.2) is 54.6 Å². The highest BCUT2D eigenvalue weighted by Gasteiger charge is 2.50. The first-order valence-corrected chi connectivity index (χ1v) is 11.9. The second-order valence-electron chi connectivity index (χ2n) is 8.00. The van der Waals surface area contributed by atoms with E-state index < -0.39 is 8.07 Å². The number of carbonyl (C=O) groups excluding carboxylic acids is 1. The zero-order chi connectivity index (χ0) is 19.3. The lowest BCUT2D eigenvalue weighted by Gasteiger charge is -2.41. The van der Waals surface area contributed by atoms with E-state index in [0.717, 1.165) is 11.1 Å². The van der Waals surface area contributed by atoms with Gasteiger partial charge < -0.3 is 4.74 Å². The van der Waals surface area contributed by atoms with E-state index in [1.165, 1.54) is 0 Å². The second kappa shape index (κ2) is 8.68. The monoisotopic (exact) mass is 368 g/mol. The fraction of sp³-hybridized carbons (Fsp3) is 0.435. The van der Waals surface area contributed by atoms with E-state index in [1.807, 2.05) is 54.6 Å². The summed E-state index contributed by atoms with van der Waals surface area (Å²) in [6.45, 7) is 13.8. The van der Waals surface area contributed by atoms with Crippen LogP contribution in [0.5, 0.6) is 5.75 Å². The molecule has 0 aliphatic rings. The lowest BCUT2D eigenvalue weighted by molar-refractivity contribution is 0.105. The first kappa shape index (κ1) is 20.4. The van der Waals surface area contributed by atoms with Crippen LogP contribution in [0.1, 0.15) is 57.5 Å². The van der Waals surface area contributed by atoms with Crippen LogP contribution in [0.2, 0.25) is 16.6 Å². The molecule has 0 aliphatic carbocycles. The van der Waals surface area contributed by atoms with Gasteiger partial charge in [-0.3, -0.25) is 4.79 Å². The molecule has 2 aromatic carbocycles. The molecular weight excluding hydrogens is 336 g/mol. The van der Waals surface area contributed by atoms with Gasteiger partial charge >= 0.3 is 0 Å². The Bertz CT molecular complexity index is 698. The highest BCUT2D eigenvalue weighted by atomic mass is 28.3. The van der Waals surface area contributed by atoms with Crippen molar-refractivity contribution >= 4 is 13.5 Å². The predicted octanol–water partition coefficient (Wildman–Crippen LogP) is 6.67. The number of para-hydroxylation sites is 1. The molecule has 3 heteroatoms. The van der Waals surface area contributed by atoms with Gasteiger partial charge in [0, 0.05) is 0 Å². The molecule has 0 amide bonds. The summed E-state index contributed by atoms with van der Waals surface area (Å²) in [5.74, 6) is 0.708. The van der Waals surface area contributed by atoms with E-state index in [2.05, 4.69) is 41.5 Å². The zero-order valence-corrected chi connectivity index (χ0v) is 18.0. The molecule has 0 radical (unpaired) electrons. The molecule has 2 aromatic rings. The molecule has 0 atom stereocenters. The molecule has 0 bridgehead atoms. The maximum Gasteiger partial charge on any atom is 0.147 e. The number of hydrogen-bond acceptors (Lipinski definition) is 2. The maximum absolute atomic E-state index is 13.8. The molecule has 0 saturated heterocycles. The molecule has 26 heavy (non-hydrogen) atoms. The SMILES string of the molecule is CC(C)[Si](C(=O)c1ccccc1OCc1ccccc1)(C(C)C)C(C)C. The highest BCUT2D eigenvalue weighted by molar-refractivity contribution is 7.10. The molecule has 0 unspecified atom stereocenters. The lowest BCUT2D eigenvalue weighted by Crippen LogP contribution is -2.52. The molecule has 0 saturated carbocycles. The van der Waals surface area contributed by atoms with Crippen LogP contribution in [0.3, 0.4) is 0 Å².